The molecule has 0 saturated carbocycles. The van der Waals surface area contributed by atoms with Gasteiger partial charge in [0.1, 0.15) is 0 Å². The van der Waals surface area contributed by atoms with Gasteiger partial charge in [-0.2, -0.15) is 17.6 Å². The second kappa shape index (κ2) is 8.63. The molecule has 2 aromatic carbocycles. The molecule has 0 fully saturated rings. The Morgan fingerprint density at radius 2 is 1.68 bits per heavy atom. The molecule has 1 atom stereocenters. The smallest absolute Gasteiger partial charge is 0.348 e. The van der Waals surface area contributed by atoms with Crippen LogP contribution in [0.25, 0.3) is 11.1 Å². The van der Waals surface area contributed by atoms with Crippen LogP contribution in [0.4, 0.5) is 22.0 Å². The van der Waals surface area contributed by atoms with Crippen LogP contribution >= 0.6 is 11.6 Å². The summed E-state index contributed by atoms with van der Waals surface area (Å²) in [6.45, 7) is 0.554. The molecule has 0 saturated heterocycles. The normalized spacial score (nSPS) is 13.5. The Labute approximate surface area is 179 Å². The van der Waals surface area contributed by atoms with Crippen molar-refractivity contribution in [2.45, 2.75) is 18.8 Å². The van der Waals surface area contributed by atoms with Crippen LogP contribution in [0.5, 0.6) is 0 Å². The van der Waals surface area contributed by atoms with Crippen LogP contribution in [0.1, 0.15) is 28.4 Å². The zero-order valence-electron chi connectivity index (χ0n) is 16.1. The highest BCUT2D eigenvalue weighted by Gasteiger charge is 2.36. The van der Waals surface area contributed by atoms with E-state index in [1.165, 1.54) is 36.5 Å². The zero-order chi connectivity index (χ0) is 22.8. The van der Waals surface area contributed by atoms with Gasteiger partial charge in [0.2, 0.25) is 5.95 Å². The van der Waals surface area contributed by atoms with E-state index in [9.17, 15) is 22.4 Å². The third kappa shape index (κ3) is 5.19. The second-order valence-corrected chi connectivity index (χ2v) is 7.39. The van der Waals surface area contributed by atoms with Crippen molar-refractivity contribution < 1.29 is 26.7 Å². The van der Waals surface area contributed by atoms with Crippen molar-refractivity contribution in [2.24, 2.45) is 0 Å². The fourth-order valence-corrected chi connectivity index (χ4v) is 3.41. The second-order valence-electron chi connectivity index (χ2n) is 6.99. The molecule has 1 N–H and O–H groups in total. The van der Waals surface area contributed by atoms with Crippen molar-refractivity contribution in [1.82, 2.24) is 10.3 Å². The molecule has 3 aromatic rings. The summed E-state index contributed by atoms with van der Waals surface area (Å²) in [6.07, 6.45) is -3.42. The van der Waals surface area contributed by atoms with Crippen molar-refractivity contribution in [3.05, 3.63) is 88.5 Å². The molecule has 162 valence electrons. The quantitative estimate of drug-likeness (QED) is 0.370. The molecular formula is C22H16ClF5N2O. The van der Waals surface area contributed by atoms with E-state index in [1.807, 2.05) is 0 Å². The number of pyridine rings is 1. The lowest BCUT2D eigenvalue weighted by molar-refractivity contribution is -0.137. The maximum Gasteiger partial charge on any atom is 0.417 e. The molecular weight excluding hydrogens is 439 g/mol. The minimum absolute atomic E-state index is 0.0387. The molecule has 3 nitrogen and oxygen atoms in total. The van der Waals surface area contributed by atoms with Crippen LogP contribution in [0.3, 0.4) is 0 Å². The zero-order valence-corrected chi connectivity index (χ0v) is 16.9. The minimum atomic E-state index is -4.72. The fraction of sp³-hybridized carbons (Fsp3) is 0.182. The average molecular weight is 455 g/mol. The number of hydrogen-bond donors (Lipinski definition) is 1. The lowest BCUT2D eigenvalue weighted by Gasteiger charge is -2.23. The number of halogens is 6. The lowest BCUT2D eigenvalue weighted by Crippen LogP contribution is -2.36. The highest BCUT2D eigenvalue weighted by atomic mass is 35.5. The van der Waals surface area contributed by atoms with Crippen molar-refractivity contribution in [3.63, 3.8) is 0 Å². The van der Waals surface area contributed by atoms with Crippen LogP contribution in [-0.2, 0) is 11.8 Å². The summed E-state index contributed by atoms with van der Waals surface area (Å²) in [7, 11) is 0. The minimum Gasteiger partial charge on any atom is -0.348 e. The van der Waals surface area contributed by atoms with Crippen molar-refractivity contribution in [3.8, 4) is 11.1 Å². The Morgan fingerprint density at radius 3 is 2.29 bits per heavy atom. The van der Waals surface area contributed by atoms with Crippen LogP contribution in [-0.4, -0.2) is 17.4 Å². The number of hydrogen-bond acceptors (Lipinski definition) is 2. The maximum atomic E-state index is 15.3. The van der Waals surface area contributed by atoms with Gasteiger partial charge in [-0.3, -0.25) is 4.79 Å². The van der Waals surface area contributed by atoms with Gasteiger partial charge in [0.15, 0.2) is 5.67 Å². The fourth-order valence-electron chi connectivity index (χ4n) is 3.03. The van der Waals surface area contributed by atoms with Gasteiger partial charge in [-0.15, -0.1) is 0 Å². The van der Waals surface area contributed by atoms with Crippen molar-refractivity contribution in [1.29, 1.82) is 0 Å². The Morgan fingerprint density at radius 1 is 1.00 bits per heavy atom. The van der Waals surface area contributed by atoms with E-state index >= 15 is 4.39 Å². The van der Waals surface area contributed by atoms with E-state index in [4.69, 9.17) is 11.6 Å². The van der Waals surface area contributed by atoms with Gasteiger partial charge in [-0.1, -0.05) is 35.9 Å². The van der Waals surface area contributed by atoms with Gasteiger partial charge >= 0.3 is 6.18 Å². The number of benzene rings is 2. The van der Waals surface area contributed by atoms with Crippen LogP contribution in [0, 0.1) is 5.95 Å². The van der Waals surface area contributed by atoms with E-state index in [2.05, 4.69) is 10.3 Å². The molecule has 0 aliphatic heterocycles. The first-order valence-corrected chi connectivity index (χ1v) is 9.42. The monoisotopic (exact) mass is 454 g/mol. The number of alkyl halides is 4. The molecule has 0 aliphatic rings. The Kier molecular flexibility index (Phi) is 6.31. The predicted octanol–water partition coefficient (Wildman–Crippen LogP) is 6.17. The van der Waals surface area contributed by atoms with E-state index in [0.29, 0.717) is 11.1 Å². The Hall–Kier alpha value is -3.00. The number of amides is 1. The first kappa shape index (κ1) is 22.7. The van der Waals surface area contributed by atoms with E-state index < -0.39 is 41.4 Å². The molecule has 3 rings (SSSR count). The summed E-state index contributed by atoms with van der Waals surface area (Å²) in [4.78, 5) is 15.8. The topological polar surface area (TPSA) is 42.0 Å². The first-order valence-electron chi connectivity index (χ1n) is 9.04. The van der Waals surface area contributed by atoms with Gasteiger partial charge in [-0.05, 0) is 42.8 Å². The highest BCUT2D eigenvalue weighted by Crippen LogP contribution is 2.35. The molecule has 1 heterocycles. The van der Waals surface area contributed by atoms with Crippen LogP contribution < -0.4 is 5.32 Å². The van der Waals surface area contributed by atoms with Crippen LogP contribution in [0.15, 0.2) is 60.8 Å². The predicted molar refractivity (Wildman–Crippen MR) is 107 cm³/mol. The highest BCUT2D eigenvalue weighted by molar-refractivity contribution is 6.31. The Balaban J connectivity index is 1.78. The Bertz CT molecular complexity index is 1100. The first-order chi connectivity index (χ1) is 14.5. The van der Waals surface area contributed by atoms with E-state index in [0.717, 1.165) is 25.1 Å². The summed E-state index contributed by atoms with van der Waals surface area (Å²) in [6, 6.07) is 11.3. The molecule has 1 aromatic heterocycles. The number of nitrogens with zero attached hydrogens (tertiary/aromatic N) is 1. The maximum absolute atomic E-state index is 15.3. The number of carbonyl (C=O) groups is 1. The standard InChI is InChI=1S/C22H16ClF5N2O/c1-21(25,12-30-20(31)15-4-2-3-5-16(15)22(26,27)28)17-8-6-13(10-18(17)23)14-7-9-19(24)29-11-14/h2-11H,12H2,1H3,(H,30,31). The van der Waals surface area contributed by atoms with Gasteiger partial charge in [0, 0.05) is 22.3 Å². The molecule has 31 heavy (non-hydrogen) atoms. The molecule has 1 amide bonds. The van der Waals surface area contributed by atoms with Gasteiger partial charge < -0.3 is 5.32 Å². The lowest BCUT2D eigenvalue weighted by atomic mass is 9.95. The largest absolute Gasteiger partial charge is 0.417 e. The summed E-state index contributed by atoms with van der Waals surface area (Å²) < 4.78 is 67.6. The van der Waals surface area contributed by atoms with Crippen molar-refractivity contribution >= 4 is 17.5 Å². The number of nitrogens with one attached hydrogen (secondary N) is 1. The summed E-state index contributed by atoms with van der Waals surface area (Å²) >= 11 is 6.22. The van der Waals surface area contributed by atoms with Gasteiger partial charge in [0.25, 0.3) is 5.91 Å². The summed E-state index contributed by atoms with van der Waals surface area (Å²) in [5, 5.41) is 2.24. The third-order valence-electron chi connectivity index (χ3n) is 4.65. The molecule has 0 radical (unpaired) electrons. The van der Waals surface area contributed by atoms with Gasteiger partial charge in [-0.25, -0.2) is 9.37 Å². The number of aromatic nitrogens is 1. The number of rotatable bonds is 5. The molecule has 9 heteroatoms. The van der Waals surface area contributed by atoms with E-state index in [-0.39, 0.29) is 10.6 Å². The molecule has 0 spiro atoms. The van der Waals surface area contributed by atoms with Crippen molar-refractivity contribution in [2.75, 3.05) is 6.54 Å². The summed E-state index contributed by atoms with van der Waals surface area (Å²) in [5.74, 6) is -1.70. The SMILES string of the molecule is CC(F)(CNC(=O)c1ccccc1C(F)(F)F)c1ccc(-c2ccc(F)nc2)cc1Cl. The van der Waals surface area contributed by atoms with Gasteiger partial charge in [0.05, 0.1) is 17.7 Å². The summed E-state index contributed by atoms with van der Waals surface area (Å²) in [5.41, 5.74) is -2.70. The third-order valence-corrected chi connectivity index (χ3v) is 4.96. The average Bonchev–Trinajstić information content (AvgIpc) is 2.71. The van der Waals surface area contributed by atoms with E-state index in [1.54, 1.807) is 6.07 Å². The molecule has 0 bridgehead atoms. The molecule has 1 unspecified atom stereocenters. The molecule has 0 aliphatic carbocycles. The van der Waals surface area contributed by atoms with Crippen LogP contribution in [0.2, 0.25) is 5.02 Å². The number of carbonyl (C=O) groups excluding carboxylic acids is 1.